The highest BCUT2D eigenvalue weighted by molar-refractivity contribution is 7.61. The van der Waals surface area contributed by atoms with Gasteiger partial charge in [-0.3, -0.25) is 18.4 Å². The van der Waals surface area contributed by atoms with E-state index in [0.717, 1.165) is 6.33 Å². The molecule has 2 fully saturated rings. The molecule has 2 aliphatic rings. The van der Waals surface area contributed by atoms with Crippen molar-refractivity contribution in [1.82, 2.24) is 19.5 Å². The Labute approximate surface area is 246 Å². The maximum atomic E-state index is 12.4. The standard InChI is InChI=1S/C21H28N8O13P2/c22-12-14(30)10(40-20(12)28-3-1-2-9(4-28)18(24)33)5-38-43(34,35)42-44(36,37)39-6-11-15(31)16(32)21(41-11)29-8-27-13-17(23)25-7-26-19(13)29/h1-4,7-8,10-12,14-16,20-21,30-32H,5-6,22H2,(H5-,23,24,25,26,33,34,35,36,37)/p+1/t10-,11-,12+,14-,15-,16-,20-,21-/m1/s1. The Morgan fingerprint density at radius 2 is 1.68 bits per heavy atom. The third-order valence-corrected chi connectivity index (χ3v) is 9.43. The van der Waals surface area contributed by atoms with E-state index in [1.165, 1.54) is 40.0 Å². The summed E-state index contributed by atoms with van der Waals surface area (Å²) in [6.07, 6.45) is -4.48. The number of pyridine rings is 1. The number of ether oxygens (including phenoxy) is 2. The van der Waals surface area contributed by atoms with Crippen molar-refractivity contribution in [2.45, 2.75) is 49.0 Å². The topological polar surface area (TPSA) is 324 Å². The number of aliphatic hydroxyl groups excluding tert-OH is 3. The number of primary amides is 1. The van der Waals surface area contributed by atoms with Crippen molar-refractivity contribution in [3.8, 4) is 0 Å². The average Bonchev–Trinajstić information content (AvgIpc) is 3.61. The maximum Gasteiger partial charge on any atom is 0.481 e. The highest BCUT2D eigenvalue weighted by Gasteiger charge is 2.49. The molecule has 21 nitrogen and oxygen atoms in total. The van der Waals surface area contributed by atoms with Crippen LogP contribution in [0, 0.1) is 0 Å². The van der Waals surface area contributed by atoms with Crippen LogP contribution in [-0.2, 0) is 32.0 Å². The van der Waals surface area contributed by atoms with Crippen LogP contribution in [0.3, 0.4) is 0 Å². The van der Waals surface area contributed by atoms with Crippen molar-refractivity contribution in [2.24, 2.45) is 11.5 Å². The number of phosphoric ester groups is 2. The quantitative estimate of drug-likeness (QED) is 0.0746. The van der Waals surface area contributed by atoms with Gasteiger partial charge in [-0.15, -0.1) is 0 Å². The number of nitrogen functional groups attached to an aromatic ring is 1. The molecule has 44 heavy (non-hydrogen) atoms. The largest absolute Gasteiger partial charge is 0.481 e. The van der Waals surface area contributed by atoms with Gasteiger partial charge in [0.15, 0.2) is 30.1 Å². The second kappa shape index (κ2) is 12.4. The third kappa shape index (κ3) is 6.65. The second-order valence-electron chi connectivity index (χ2n) is 9.78. The molecule has 0 aliphatic carbocycles. The van der Waals surface area contributed by atoms with Crippen molar-refractivity contribution in [3.63, 3.8) is 0 Å². The monoisotopic (exact) mass is 663 g/mol. The van der Waals surface area contributed by atoms with Crippen LogP contribution < -0.4 is 21.8 Å². The van der Waals surface area contributed by atoms with Gasteiger partial charge in [0, 0.05) is 6.07 Å². The predicted molar refractivity (Wildman–Crippen MR) is 141 cm³/mol. The van der Waals surface area contributed by atoms with Gasteiger partial charge in [-0.1, -0.05) is 0 Å². The maximum absolute atomic E-state index is 12.4. The zero-order chi connectivity index (χ0) is 32.0. The fourth-order valence-electron chi connectivity index (χ4n) is 4.64. The molecule has 3 aromatic rings. The van der Waals surface area contributed by atoms with Crippen LogP contribution >= 0.6 is 15.6 Å². The molecule has 2 saturated heterocycles. The minimum atomic E-state index is -5.34. The zero-order valence-corrected chi connectivity index (χ0v) is 24.2. The summed E-state index contributed by atoms with van der Waals surface area (Å²) in [6, 6.07) is 1.85. The fraction of sp³-hybridized carbons (Fsp3) is 0.476. The molecule has 10 atom stereocenters. The van der Waals surface area contributed by atoms with Crippen molar-refractivity contribution in [3.05, 3.63) is 42.7 Å². The summed E-state index contributed by atoms with van der Waals surface area (Å²) in [5.74, 6) is -0.668. The molecule has 0 spiro atoms. The number of hydrogen-bond acceptors (Lipinski definition) is 16. The van der Waals surface area contributed by atoms with Gasteiger partial charge >= 0.3 is 15.6 Å². The highest BCUT2D eigenvalue weighted by atomic mass is 31.3. The molecule has 11 N–H and O–H groups in total. The Kier molecular flexibility index (Phi) is 9.13. The number of hydrogen-bond donors (Lipinski definition) is 8. The van der Waals surface area contributed by atoms with Gasteiger partial charge in [0.25, 0.3) is 12.1 Å². The van der Waals surface area contributed by atoms with Gasteiger partial charge in [-0.2, -0.15) is 8.88 Å². The van der Waals surface area contributed by atoms with Gasteiger partial charge in [0.2, 0.25) is 0 Å². The number of imidazole rings is 1. The first-order valence-electron chi connectivity index (χ1n) is 12.7. The van der Waals surface area contributed by atoms with E-state index in [0.29, 0.717) is 0 Å². The average molecular weight is 663 g/mol. The van der Waals surface area contributed by atoms with Gasteiger partial charge in [-0.05, 0) is 6.07 Å². The Bertz CT molecular complexity index is 1630. The minimum Gasteiger partial charge on any atom is -0.388 e. The molecule has 0 saturated carbocycles. The summed E-state index contributed by atoms with van der Waals surface area (Å²) in [6.45, 7) is -1.70. The molecular formula is C21H29N8O13P2+. The van der Waals surface area contributed by atoms with E-state index in [-0.39, 0.29) is 22.5 Å². The molecule has 0 radical (unpaired) electrons. The summed E-state index contributed by atoms with van der Waals surface area (Å²) in [5, 5.41) is 31.4. The molecule has 240 valence electrons. The molecule has 0 bridgehead atoms. The van der Waals surface area contributed by atoms with Crippen LogP contribution in [0.5, 0.6) is 0 Å². The minimum absolute atomic E-state index is 0.0567. The van der Waals surface area contributed by atoms with E-state index in [1.54, 1.807) is 0 Å². The SMILES string of the molecule is NC(=O)c1ccc[n+]([C@@H]2O[C@H](COP(=O)(O)OP(=O)(O)OC[C@H]3O[C@@H](n4cnc5c(N)ncnc54)[C@H](O)[C@@H]3O)[C@@H](O)[C@@H]2N)c1. The first kappa shape index (κ1) is 32.4. The number of aromatic nitrogens is 5. The lowest BCUT2D eigenvalue weighted by atomic mass is 10.1. The molecule has 5 rings (SSSR count). The molecule has 3 aromatic heterocycles. The summed E-state index contributed by atoms with van der Waals surface area (Å²) in [4.78, 5) is 43.4. The van der Waals surface area contributed by atoms with E-state index in [2.05, 4.69) is 19.3 Å². The smallest absolute Gasteiger partial charge is 0.388 e. The summed E-state index contributed by atoms with van der Waals surface area (Å²) < 4.78 is 52.4. The predicted octanol–water partition coefficient (Wildman–Crippen LogP) is -3.05. The summed E-state index contributed by atoms with van der Waals surface area (Å²) in [7, 11) is -10.7. The van der Waals surface area contributed by atoms with E-state index in [4.69, 9.17) is 35.7 Å². The van der Waals surface area contributed by atoms with Crippen LogP contribution in [0.1, 0.15) is 22.8 Å². The Balaban J connectivity index is 1.16. The van der Waals surface area contributed by atoms with Gasteiger partial charge in [0.05, 0.1) is 19.5 Å². The van der Waals surface area contributed by atoms with E-state index in [9.17, 15) is 39.0 Å². The van der Waals surface area contributed by atoms with Crippen LogP contribution in [0.2, 0.25) is 0 Å². The van der Waals surface area contributed by atoms with Crippen molar-refractivity contribution < 1.29 is 66.4 Å². The summed E-state index contributed by atoms with van der Waals surface area (Å²) in [5.41, 5.74) is 17.5. The first-order chi connectivity index (χ1) is 20.7. The molecule has 23 heteroatoms. The van der Waals surface area contributed by atoms with Crippen molar-refractivity contribution in [2.75, 3.05) is 18.9 Å². The van der Waals surface area contributed by atoms with Crippen molar-refractivity contribution >= 4 is 38.5 Å². The lowest BCUT2D eigenvalue weighted by molar-refractivity contribution is -0.761. The lowest BCUT2D eigenvalue weighted by Gasteiger charge is -2.20. The Morgan fingerprint density at radius 1 is 1.02 bits per heavy atom. The van der Waals surface area contributed by atoms with Crippen molar-refractivity contribution in [1.29, 1.82) is 0 Å². The van der Waals surface area contributed by atoms with Crippen LogP contribution in [0.15, 0.2) is 37.2 Å². The molecule has 1 amide bonds. The number of carbonyl (C=O) groups is 1. The number of aliphatic hydroxyl groups is 3. The third-order valence-electron chi connectivity index (χ3n) is 6.83. The molecular weight excluding hydrogens is 634 g/mol. The Hall–Kier alpha value is -3.01. The highest BCUT2D eigenvalue weighted by Crippen LogP contribution is 2.60. The lowest BCUT2D eigenvalue weighted by Crippen LogP contribution is -2.50. The number of nitrogens with two attached hydrogens (primary N) is 3. The normalized spacial score (nSPS) is 31.6. The zero-order valence-electron chi connectivity index (χ0n) is 22.4. The number of rotatable bonds is 11. The molecule has 5 heterocycles. The second-order valence-corrected chi connectivity index (χ2v) is 12.8. The number of nitrogens with zero attached hydrogens (tertiary/aromatic N) is 5. The van der Waals surface area contributed by atoms with E-state index < -0.39 is 83.8 Å². The molecule has 2 unspecified atom stereocenters. The molecule has 2 aliphatic heterocycles. The van der Waals surface area contributed by atoms with E-state index in [1.807, 2.05) is 0 Å². The number of carbonyl (C=O) groups excluding carboxylic acids is 1. The number of amides is 1. The Morgan fingerprint density at radius 3 is 2.34 bits per heavy atom. The number of phosphoric acid groups is 2. The van der Waals surface area contributed by atoms with Gasteiger partial charge < -0.3 is 51.8 Å². The fourth-order valence-corrected chi connectivity index (χ4v) is 6.73. The molecule has 0 aromatic carbocycles. The van der Waals surface area contributed by atoms with Gasteiger partial charge in [0.1, 0.15) is 54.0 Å². The van der Waals surface area contributed by atoms with Crippen LogP contribution in [-0.4, -0.2) is 100 Å². The summed E-state index contributed by atoms with van der Waals surface area (Å²) >= 11 is 0. The van der Waals surface area contributed by atoms with Crippen LogP contribution in [0.25, 0.3) is 11.2 Å². The van der Waals surface area contributed by atoms with Gasteiger partial charge in [-0.25, -0.2) is 24.1 Å². The number of anilines is 1. The van der Waals surface area contributed by atoms with E-state index >= 15 is 0 Å². The van der Waals surface area contributed by atoms with Crippen LogP contribution in [0.4, 0.5) is 5.82 Å². The first-order valence-corrected chi connectivity index (χ1v) is 15.7. The number of fused-ring (bicyclic) bond motifs is 1.